The highest BCUT2D eigenvalue weighted by molar-refractivity contribution is 6.24. The smallest absolute Gasteiger partial charge is 0.189 e. The molecule has 4 atom stereocenters. The van der Waals surface area contributed by atoms with Crippen molar-refractivity contribution in [2.45, 2.75) is 30.3 Å². The van der Waals surface area contributed by atoms with Gasteiger partial charge in [-0.3, -0.25) is 14.5 Å². The number of ketones is 2. The highest BCUT2D eigenvalue weighted by atomic mass is 19.1. The number of fused-ring (bicyclic) bond motifs is 4. The van der Waals surface area contributed by atoms with E-state index in [1.165, 1.54) is 24.3 Å². The van der Waals surface area contributed by atoms with E-state index in [4.69, 9.17) is 0 Å². The number of piperidine rings is 1. The standard InChI is InChI=1S/C36H30F2N2O2/c1-39-20-25(19-22-10-14-26(37)15-11-22)33(41)35(21-39)32(24-12-16-27(38)17-13-24)30-9-4-18-40(30)36(35)29-8-3-6-23-5-2-7-28(31(23)29)34(36)42/h2-3,5-8,10-17,19,30,32H,4,9,18,20-21H2,1H3/b25-19+/t30?,32-,35-,36-/m0/s1. The molecule has 3 fully saturated rings. The van der Waals surface area contributed by atoms with E-state index in [0.29, 0.717) is 30.8 Å². The number of likely N-dealkylation sites (tertiary alicyclic amines) is 1. The Bertz CT molecular complexity index is 1810. The minimum absolute atomic E-state index is 0.0180. The molecule has 210 valence electrons. The Hall–Kier alpha value is -4.00. The zero-order chi connectivity index (χ0) is 28.8. The fourth-order valence-corrected chi connectivity index (χ4v) is 9.01. The highest BCUT2D eigenvalue weighted by Gasteiger charge is 2.78. The molecular weight excluding hydrogens is 530 g/mol. The van der Waals surface area contributed by atoms with E-state index in [1.54, 1.807) is 24.3 Å². The number of nitrogens with zero attached hydrogens (tertiary/aromatic N) is 2. The van der Waals surface area contributed by atoms with Crippen molar-refractivity contribution < 1.29 is 18.4 Å². The maximum atomic E-state index is 15.4. The normalized spacial score (nSPS) is 29.9. The second-order valence-corrected chi connectivity index (χ2v) is 12.4. The molecule has 0 radical (unpaired) electrons. The van der Waals surface area contributed by atoms with Crippen LogP contribution < -0.4 is 0 Å². The lowest BCUT2D eigenvalue weighted by Gasteiger charge is -2.52. The third-order valence-corrected chi connectivity index (χ3v) is 10.3. The molecule has 42 heavy (non-hydrogen) atoms. The molecule has 1 unspecified atom stereocenters. The van der Waals surface area contributed by atoms with Gasteiger partial charge in [-0.15, -0.1) is 0 Å². The van der Waals surface area contributed by atoms with Gasteiger partial charge in [0.1, 0.15) is 17.2 Å². The number of hydrogen-bond acceptors (Lipinski definition) is 4. The first-order chi connectivity index (χ1) is 20.4. The molecule has 4 aromatic carbocycles. The summed E-state index contributed by atoms with van der Waals surface area (Å²) in [6.07, 6.45) is 3.62. The molecule has 4 aromatic rings. The summed E-state index contributed by atoms with van der Waals surface area (Å²) in [5.74, 6) is -1.07. The number of Topliss-reactive ketones (excluding diaryl/α,β-unsaturated/α-hetero) is 2. The van der Waals surface area contributed by atoms with E-state index < -0.39 is 11.0 Å². The molecule has 3 saturated heterocycles. The van der Waals surface area contributed by atoms with Gasteiger partial charge in [0.25, 0.3) is 0 Å². The SMILES string of the molecule is CN1C/C(=C\c2ccc(F)cc2)C(=O)[C@]2(C1)[C@@H](c1ccc(F)cc1)C1CCCN1[C@@]21C(=O)c2cccc3cccc1c23. The number of carbonyl (C=O) groups is 2. The molecule has 1 aliphatic carbocycles. The molecule has 0 amide bonds. The molecule has 0 saturated carbocycles. The Labute approximate surface area is 243 Å². The summed E-state index contributed by atoms with van der Waals surface area (Å²) in [5, 5.41) is 1.92. The Morgan fingerprint density at radius 1 is 0.857 bits per heavy atom. The summed E-state index contributed by atoms with van der Waals surface area (Å²) in [6, 6.07) is 24.5. The first-order valence-electron chi connectivity index (χ1n) is 14.6. The summed E-state index contributed by atoms with van der Waals surface area (Å²) in [5.41, 5.74) is 1.41. The van der Waals surface area contributed by atoms with E-state index in [9.17, 15) is 8.78 Å². The van der Waals surface area contributed by atoms with E-state index >= 15 is 9.59 Å². The monoisotopic (exact) mass is 560 g/mol. The average molecular weight is 561 g/mol. The van der Waals surface area contributed by atoms with Crippen LogP contribution >= 0.6 is 0 Å². The largest absolute Gasteiger partial charge is 0.301 e. The Kier molecular flexibility index (Phi) is 5.50. The van der Waals surface area contributed by atoms with Gasteiger partial charge >= 0.3 is 0 Å². The first-order valence-corrected chi connectivity index (χ1v) is 14.6. The second kappa shape index (κ2) is 9.00. The zero-order valence-electron chi connectivity index (χ0n) is 23.3. The van der Waals surface area contributed by atoms with E-state index in [-0.39, 0.29) is 35.2 Å². The first kappa shape index (κ1) is 25.7. The molecule has 8 rings (SSSR count). The number of carbonyl (C=O) groups excluding carboxylic acids is 2. The topological polar surface area (TPSA) is 40.6 Å². The van der Waals surface area contributed by atoms with Crippen LogP contribution in [-0.2, 0) is 10.3 Å². The highest BCUT2D eigenvalue weighted by Crippen LogP contribution is 2.69. The van der Waals surface area contributed by atoms with Crippen LogP contribution in [0.25, 0.3) is 16.8 Å². The van der Waals surface area contributed by atoms with E-state index in [0.717, 1.165) is 40.3 Å². The Morgan fingerprint density at radius 3 is 2.29 bits per heavy atom. The number of benzene rings is 4. The van der Waals surface area contributed by atoms with Crippen molar-refractivity contribution >= 4 is 28.4 Å². The fraction of sp³-hybridized carbons (Fsp3) is 0.278. The molecular formula is C36H30F2N2O2. The Morgan fingerprint density at radius 2 is 1.55 bits per heavy atom. The van der Waals surface area contributed by atoms with Crippen molar-refractivity contribution in [2.75, 3.05) is 26.7 Å². The summed E-state index contributed by atoms with van der Waals surface area (Å²) < 4.78 is 28.0. The molecule has 4 nitrogen and oxygen atoms in total. The number of halogens is 2. The lowest BCUT2D eigenvalue weighted by Crippen LogP contribution is -2.65. The number of likely N-dealkylation sites (N-methyl/N-ethyl adjacent to an activating group) is 1. The predicted octanol–water partition coefficient (Wildman–Crippen LogP) is 6.36. The third kappa shape index (κ3) is 3.17. The lowest BCUT2D eigenvalue weighted by molar-refractivity contribution is -0.134. The van der Waals surface area contributed by atoms with Crippen molar-refractivity contribution in [3.8, 4) is 0 Å². The minimum atomic E-state index is -1.20. The Balaban J connectivity index is 1.45. The molecule has 0 bridgehead atoms. The quantitative estimate of drug-likeness (QED) is 0.268. The van der Waals surface area contributed by atoms with Crippen LogP contribution in [0.3, 0.4) is 0 Å². The van der Waals surface area contributed by atoms with Crippen molar-refractivity contribution in [3.05, 3.63) is 124 Å². The van der Waals surface area contributed by atoms with Gasteiger partial charge < -0.3 is 4.90 Å². The van der Waals surface area contributed by atoms with Crippen LogP contribution in [0.5, 0.6) is 0 Å². The second-order valence-electron chi connectivity index (χ2n) is 12.4. The van der Waals surface area contributed by atoms with Crippen molar-refractivity contribution in [3.63, 3.8) is 0 Å². The van der Waals surface area contributed by atoms with E-state index in [2.05, 4.69) is 9.80 Å². The maximum Gasteiger partial charge on any atom is 0.189 e. The molecule has 4 aliphatic rings. The number of rotatable bonds is 2. The van der Waals surface area contributed by atoms with Gasteiger partial charge in [0.05, 0.1) is 5.41 Å². The number of hydrogen-bond donors (Lipinski definition) is 0. The van der Waals surface area contributed by atoms with Crippen LogP contribution in [0.1, 0.15) is 45.8 Å². The summed E-state index contributed by atoms with van der Waals surface area (Å²) >= 11 is 0. The van der Waals surface area contributed by atoms with Crippen molar-refractivity contribution in [2.24, 2.45) is 5.41 Å². The van der Waals surface area contributed by atoms with Gasteiger partial charge in [-0.05, 0) is 84.2 Å². The molecule has 6 heteroatoms. The predicted molar refractivity (Wildman–Crippen MR) is 158 cm³/mol. The van der Waals surface area contributed by atoms with E-state index in [1.807, 2.05) is 49.5 Å². The lowest BCUT2D eigenvalue weighted by atomic mass is 9.54. The third-order valence-electron chi connectivity index (χ3n) is 10.3. The van der Waals surface area contributed by atoms with Gasteiger partial charge in [0.15, 0.2) is 11.6 Å². The van der Waals surface area contributed by atoms with Crippen LogP contribution in [-0.4, -0.2) is 54.1 Å². The molecule has 3 heterocycles. The minimum Gasteiger partial charge on any atom is -0.301 e. The summed E-state index contributed by atoms with van der Waals surface area (Å²) in [4.78, 5) is 35.1. The summed E-state index contributed by atoms with van der Waals surface area (Å²) in [7, 11) is 2.00. The van der Waals surface area contributed by atoms with Crippen LogP contribution in [0.2, 0.25) is 0 Å². The van der Waals surface area contributed by atoms with Crippen LogP contribution in [0.15, 0.2) is 90.5 Å². The maximum absolute atomic E-state index is 15.4. The molecule has 3 aliphatic heterocycles. The molecule has 0 N–H and O–H groups in total. The molecule has 0 aromatic heterocycles. The van der Waals surface area contributed by atoms with Gasteiger partial charge in [-0.1, -0.05) is 60.7 Å². The van der Waals surface area contributed by atoms with Gasteiger partial charge in [0.2, 0.25) is 0 Å². The van der Waals surface area contributed by atoms with Gasteiger partial charge in [-0.2, -0.15) is 0 Å². The zero-order valence-corrected chi connectivity index (χ0v) is 23.3. The molecule has 2 spiro atoms. The fourth-order valence-electron chi connectivity index (χ4n) is 9.01. The van der Waals surface area contributed by atoms with Gasteiger partial charge in [-0.25, -0.2) is 8.78 Å². The van der Waals surface area contributed by atoms with Crippen molar-refractivity contribution in [1.82, 2.24) is 9.80 Å². The van der Waals surface area contributed by atoms with Gasteiger partial charge in [0, 0.05) is 36.2 Å². The van der Waals surface area contributed by atoms with Crippen molar-refractivity contribution in [1.29, 1.82) is 0 Å². The van der Waals surface area contributed by atoms with Crippen LogP contribution in [0, 0.1) is 17.0 Å². The summed E-state index contributed by atoms with van der Waals surface area (Å²) in [6.45, 7) is 1.51. The van der Waals surface area contributed by atoms with Crippen LogP contribution in [0.4, 0.5) is 8.78 Å². The average Bonchev–Trinajstić information content (AvgIpc) is 3.62.